The molecule has 26 heavy (non-hydrogen) atoms. The van der Waals surface area contributed by atoms with Crippen LogP contribution < -0.4 is 9.47 Å². The zero-order chi connectivity index (χ0) is 18.4. The fourth-order valence-electron chi connectivity index (χ4n) is 3.39. The monoisotopic (exact) mass is 355 g/mol. The van der Waals surface area contributed by atoms with Gasteiger partial charge in [-0.25, -0.2) is 9.97 Å². The van der Waals surface area contributed by atoms with Gasteiger partial charge in [0.1, 0.15) is 5.82 Å². The summed E-state index contributed by atoms with van der Waals surface area (Å²) < 4.78 is 11.6. The zero-order valence-electron chi connectivity index (χ0n) is 16.1. The molecular formula is C21H29N3O2. The second-order valence-corrected chi connectivity index (χ2v) is 6.84. The fraction of sp³-hybridized carbons (Fsp3) is 0.524. The molecule has 2 heterocycles. The number of hydrogen-bond donors (Lipinski definition) is 0. The molecular weight excluding hydrogens is 326 g/mol. The SMILES string of the molecule is CCc1ccnc(Cc2ccc(OC)c(OCC3CCN(CC)C3)c2)n1. The number of benzene rings is 1. The first-order valence-electron chi connectivity index (χ1n) is 9.54. The Morgan fingerprint density at radius 2 is 2.08 bits per heavy atom. The highest BCUT2D eigenvalue weighted by molar-refractivity contribution is 5.43. The van der Waals surface area contributed by atoms with E-state index in [1.807, 2.05) is 18.3 Å². The van der Waals surface area contributed by atoms with Crippen LogP contribution in [0.2, 0.25) is 0 Å². The number of aryl methyl sites for hydroxylation is 1. The molecule has 140 valence electrons. The highest BCUT2D eigenvalue weighted by Gasteiger charge is 2.22. The molecule has 1 aromatic heterocycles. The third-order valence-electron chi connectivity index (χ3n) is 5.01. The van der Waals surface area contributed by atoms with Crippen LogP contribution in [-0.4, -0.2) is 48.2 Å². The number of rotatable bonds is 8. The lowest BCUT2D eigenvalue weighted by molar-refractivity contribution is 0.234. The predicted molar refractivity (Wildman–Crippen MR) is 103 cm³/mol. The number of methoxy groups -OCH3 is 1. The van der Waals surface area contributed by atoms with Crippen molar-refractivity contribution in [3.63, 3.8) is 0 Å². The summed E-state index contributed by atoms with van der Waals surface area (Å²) in [6.07, 6.45) is 4.65. The van der Waals surface area contributed by atoms with Crippen molar-refractivity contribution in [1.29, 1.82) is 0 Å². The molecule has 1 saturated heterocycles. The highest BCUT2D eigenvalue weighted by Crippen LogP contribution is 2.30. The molecule has 2 aromatic rings. The summed E-state index contributed by atoms with van der Waals surface area (Å²) in [5, 5.41) is 0. The Bertz CT molecular complexity index is 720. The maximum atomic E-state index is 6.14. The first-order chi connectivity index (χ1) is 12.7. The van der Waals surface area contributed by atoms with E-state index >= 15 is 0 Å². The molecule has 0 bridgehead atoms. The minimum atomic E-state index is 0.591. The molecule has 0 N–H and O–H groups in total. The van der Waals surface area contributed by atoms with Gasteiger partial charge in [0.15, 0.2) is 11.5 Å². The summed E-state index contributed by atoms with van der Waals surface area (Å²) in [4.78, 5) is 11.5. The van der Waals surface area contributed by atoms with Gasteiger partial charge in [-0.15, -0.1) is 0 Å². The molecule has 1 aliphatic heterocycles. The van der Waals surface area contributed by atoms with Crippen LogP contribution in [0.3, 0.4) is 0 Å². The van der Waals surface area contributed by atoms with E-state index in [0.29, 0.717) is 12.3 Å². The van der Waals surface area contributed by atoms with E-state index in [1.165, 1.54) is 13.0 Å². The Balaban J connectivity index is 1.67. The first-order valence-corrected chi connectivity index (χ1v) is 9.54. The van der Waals surface area contributed by atoms with Crippen LogP contribution in [0.1, 0.15) is 37.4 Å². The lowest BCUT2D eigenvalue weighted by atomic mass is 10.1. The molecule has 0 spiro atoms. The molecule has 1 unspecified atom stereocenters. The third kappa shape index (κ3) is 4.73. The smallest absolute Gasteiger partial charge is 0.161 e. The third-order valence-corrected chi connectivity index (χ3v) is 5.01. The predicted octanol–water partition coefficient (Wildman–Crippen LogP) is 3.36. The van der Waals surface area contributed by atoms with E-state index in [9.17, 15) is 0 Å². The molecule has 5 heteroatoms. The van der Waals surface area contributed by atoms with Crippen LogP contribution in [0.25, 0.3) is 0 Å². The molecule has 0 amide bonds. The first kappa shape index (κ1) is 18.6. The summed E-state index contributed by atoms with van der Waals surface area (Å²) in [6, 6.07) is 8.06. The van der Waals surface area contributed by atoms with E-state index in [1.54, 1.807) is 7.11 Å². The van der Waals surface area contributed by atoms with Crippen LogP contribution in [0.4, 0.5) is 0 Å². The van der Waals surface area contributed by atoms with Crippen molar-refractivity contribution in [3.05, 3.63) is 47.5 Å². The number of ether oxygens (including phenoxy) is 2. The Morgan fingerprint density at radius 1 is 1.19 bits per heavy atom. The molecule has 1 aromatic carbocycles. The van der Waals surface area contributed by atoms with Gasteiger partial charge in [0.25, 0.3) is 0 Å². The Labute approximate surface area is 156 Å². The van der Waals surface area contributed by atoms with Crippen molar-refractivity contribution in [2.45, 2.75) is 33.1 Å². The van der Waals surface area contributed by atoms with Gasteiger partial charge in [0.2, 0.25) is 0 Å². The molecule has 1 aliphatic rings. The number of hydrogen-bond acceptors (Lipinski definition) is 5. The Hall–Kier alpha value is -2.14. The van der Waals surface area contributed by atoms with Gasteiger partial charge in [-0.3, -0.25) is 0 Å². The van der Waals surface area contributed by atoms with E-state index in [0.717, 1.165) is 54.7 Å². The van der Waals surface area contributed by atoms with Crippen molar-refractivity contribution < 1.29 is 9.47 Å². The van der Waals surface area contributed by atoms with E-state index in [-0.39, 0.29) is 0 Å². The van der Waals surface area contributed by atoms with Crippen LogP contribution in [0, 0.1) is 5.92 Å². The number of likely N-dealkylation sites (tertiary alicyclic amines) is 1. The van der Waals surface area contributed by atoms with Crippen molar-refractivity contribution in [1.82, 2.24) is 14.9 Å². The minimum Gasteiger partial charge on any atom is -0.493 e. The Kier molecular flexibility index (Phi) is 6.45. The quantitative estimate of drug-likeness (QED) is 0.727. The molecule has 1 fully saturated rings. The molecule has 0 aliphatic carbocycles. The topological polar surface area (TPSA) is 47.5 Å². The molecule has 0 radical (unpaired) electrons. The maximum Gasteiger partial charge on any atom is 0.161 e. The fourth-order valence-corrected chi connectivity index (χ4v) is 3.39. The minimum absolute atomic E-state index is 0.591. The van der Waals surface area contributed by atoms with E-state index in [4.69, 9.17) is 9.47 Å². The van der Waals surface area contributed by atoms with Crippen LogP contribution in [0.5, 0.6) is 11.5 Å². The van der Waals surface area contributed by atoms with Gasteiger partial charge in [-0.1, -0.05) is 19.9 Å². The van der Waals surface area contributed by atoms with Crippen molar-refractivity contribution in [2.75, 3.05) is 33.4 Å². The molecule has 3 rings (SSSR count). The normalized spacial score (nSPS) is 17.4. The van der Waals surface area contributed by atoms with Crippen molar-refractivity contribution in [2.24, 2.45) is 5.92 Å². The highest BCUT2D eigenvalue weighted by atomic mass is 16.5. The van der Waals surface area contributed by atoms with Gasteiger partial charge in [0.05, 0.1) is 13.7 Å². The summed E-state index contributed by atoms with van der Waals surface area (Å²) in [7, 11) is 1.68. The van der Waals surface area contributed by atoms with Crippen molar-refractivity contribution >= 4 is 0 Å². The van der Waals surface area contributed by atoms with Gasteiger partial charge in [0, 0.05) is 30.8 Å². The summed E-state index contributed by atoms with van der Waals surface area (Å²) in [5.74, 6) is 3.02. The molecule has 0 saturated carbocycles. The summed E-state index contributed by atoms with van der Waals surface area (Å²) in [6.45, 7) is 8.46. The maximum absolute atomic E-state index is 6.14. The average molecular weight is 355 g/mol. The Morgan fingerprint density at radius 3 is 2.81 bits per heavy atom. The van der Waals surface area contributed by atoms with E-state index in [2.05, 4.69) is 40.8 Å². The van der Waals surface area contributed by atoms with E-state index < -0.39 is 0 Å². The van der Waals surface area contributed by atoms with Gasteiger partial charge >= 0.3 is 0 Å². The average Bonchev–Trinajstić information content (AvgIpc) is 3.15. The summed E-state index contributed by atoms with van der Waals surface area (Å²) >= 11 is 0. The van der Waals surface area contributed by atoms with Crippen LogP contribution in [0.15, 0.2) is 30.5 Å². The standard InChI is InChI=1S/C21H29N3O2/c1-4-18-8-10-22-21(23-18)13-16-6-7-19(25-3)20(12-16)26-15-17-9-11-24(5-2)14-17/h6-8,10,12,17H,4-5,9,11,13-15H2,1-3H3. The number of nitrogens with zero attached hydrogens (tertiary/aromatic N) is 3. The van der Waals surface area contributed by atoms with Crippen molar-refractivity contribution in [3.8, 4) is 11.5 Å². The number of aromatic nitrogens is 2. The second-order valence-electron chi connectivity index (χ2n) is 6.84. The zero-order valence-corrected chi connectivity index (χ0v) is 16.1. The lowest BCUT2D eigenvalue weighted by Crippen LogP contribution is -2.21. The molecule has 1 atom stereocenters. The second kappa shape index (κ2) is 8.99. The molecule has 5 nitrogen and oxygen atoms in total. The lowest BCUT2D eigenvalue weighted by Gasteiger charge is -2.16. The van der Waals surface area contributed by atoms with Gasteiger partial charge in [-0.2, -0.15) is 0 Å². The summed E-state index contributed by atoms with van der Waals surface area (Å²) in [5.41, 5.74) is 2.21. The van der Waals surface area contributed by atoms with Crippen LogP contribution in [-0.2, 0) is 12.8 Å². The largest absolute Gasteiger partial charge is 0.493 e. The van der Waals surface area contributed by atoms with Crippen LogP contribution >= 0.6 is 0 Å². The van der Waals surface area contributed by atoms with Gasteiger partial charge in [-0.05, 0) is 49.7 Å². The van der Waals surface area contributed by atoms with Gasteiger partial charge < -0.3 is 14.4 Å².